The lowest BCUT2D eigenvalue weighted by molar-refractivity contribution is 0.0278. The first-order chi connectivity index (χ1) is 6.95. The van der Waals surface area contributed by atoms with Crippen molar-refractivity contribution >= 4 is 0 Å². The summed E-state index contributed by atoms with van der Waals surface area (Å²) in [6.07, 6.45) is 15.7. The van der Waals surface area contributed by atoms with E-state index in [0.29, 0.717) is 0 Å². The van der Waals surface area contributed by atoms with Crippen LogP contribution in [0.4, 0.5) is 4.70 Å². The van der Waals surface area contributed by atoms with Crippen LogP contribution in [-0.4, -0.2) is 0 Å². The molecular weight excluding hydrogens is 187 g/mol. The van der Waals surface area contributed by atoms with Crippen molar-refractivity contribution in [1.82, 2.24) is 0 Å². The Kier molecular flexibility index (Phi) is 3.69. The van der Waals surface area contributed by atoms with Crippen LogP contribution in [0, 0.1) is 23.7 Å². The monoisotopic (exact) mass is 212 g/mol. The van der Waals surface area contributed by atoms with E-state index in [9.17, 15) is 0 Å². The summed E-state index contributed by atoms with van der Waals surface area (Å²) < 4.78 is 0. The lowest BCUT2D eigenvalue weighted by Crippen LogP contribution is -2.38. The van der Waals surface area contributed by atoms with Crippen LogP contribution >= 0.6 is 0 Å². The molecule has 0 aromatic carbocycles. The minimum atomic E-state index is 0. The lowest BCUT2D eigenvalue weighted by Gasteiger charge is -2.48. The van der Waals surface area contributed by atoms with Crippen molar-refractivity contribution in [3.05, 3.63) is 0 Å². The highest BCUT2D eigenvalue weighted by Gasteiger charge is 2.40. The standard InChI is InChI=1S/C14H24.FH/c1-3-7-13-11(5-1)9-10-12-6-2-4-8-14(12)13;/h11-14H,1-10H2;1H. The quantitative estimate of drug-likeness (QED) is 0.553. The predicted molar refractivity (Wildman–Crippen MR) is 62.6 cm³/mol. The molecule has 3 aliphatic carbocycles. The Morgan fingerprint density at radius 3 is 1.33 bits per heavy atom. The van der Waals surface area contributed by atoms with Gasteiger partial charge in [0.05, 0.1) is 0 Å². The molecule has 3 fully saturated rings. The van der Waals surface area contributed by atoms with Crippen molar-refractivity contribution in [2.75, 3.05) is 0 Å². The fourth-order valence-electron chi connectivity index (χ4n) is 4.74. The molecule has 0 bridgehead atoms. The summed E-state index contributed by atoms with van der Waals surface area (Å²) in [6.45, 7) is 0. The van der Waals surface area contributed by atoms with E-state index >= 15 is 0 Å². The third kappa shape index (κ3) is 2.07. The molecule has 0 spiro atoms. The summed E-state index contributed by atoms with van der Waals surface area (Å²) in [4.78, 5) is 0. The smallest absolute Gasteiger partial charge is 0.0355 e. The van der Waals surface area contributed by atoms with Gasteiger partial charge in [-0.2, -0.15) is 0 Å². The molecule has 0 aliphatic heterocycles. The number of fused-ring (bicyclic) bond motifs is 3. The fourth-order valence-corrected chi connectivity index (χ4v) is 4.74. The van der Waals surface area contributed by atoms with Gasteiger partial charge in [-0.1, -0.05) is 38.5 Å². The van der Waals surface area contributed by atoms with Crippen molar-refractivity contribution in [2.24, 2.45) is 23.7 Å². The van der Waals surface area contributed by atoms with Gasteiger partial charge in [0.1, 0.15) is 0 Å². The maximum atomic E-state index is 1.59. The molecule has 15 heavy (non-hydrogen) atoms. The van der Waals surface area contributed by atoms with Crippen molar-refractivity contribution in [3.63, 3.8) is 0 Å². The second kappa shape index (κ2) is 4.84. The minimum Gasteiger partial charge on any atom is -0.269 e. The van der Waals surface area contributed by atoms with E-state index in [-0.39, 0.29) is 4.70 Å². The average molecular weight is 212 g/mol. The zero-order valence-electron chi connectivity index (χ0n) is 9.79. The summed E-state index contributed by atoms with van der Waals surface area (Å²) in [6, 6.07) is 0. The van der Waals surface area contributed by atoms with Gasteiger partial charge in [-0.05, 0) is 49.4 Å². The van der Waals surface area contributed by atoms with Gasteiger partial charge in [0.2, 0.25) is 0 Å². The van der Waals surface area contributed by atoms with Crippen molar-refractivity contribution in [1.29, 1.82) is 0 Å². The van der Waals surface area contributed by atoms with Crippen LogP contribution in [0.15, 0.2) is 0 Å². The Balaban J connectivity index is 0.000000853. The van der Waals surface area contributed by atoms with Crippen LogP contribution in [-0.2, 0) is 0 Å². The van der Waals surface area contributed by atoms with Crippen LogP contribution in [0.25, 0.3) is 0 Å². The molecule has 3 saturated carbocycles. The Hall–Kier alpha value is -0.0700. The van der Waals surface area contributed by atoms with Crippen molar-refractivity contribution in [3.8, 4) is 0 Å². The molecule has 0 heterocycles. The van der Waals surface area contributed by atoms with Crippen LogP contribution in [0.3, 0.4) is 0 Å². The second-order valence-corrected chi connectivity index (χ2v) is 5.99. The van der Waals surface area contributed by atoms with Crippen LogP contribution < -0.4 is 0 Å². The molecule has 0 amide bonds. The van der Waals surface area contributed by atoms with E-state index in [0.717, 1.165) is 11.8 Å². The zero-order chi connectivity index (χ0) is 9.38. The van der Waals surface area contributed by atoms with Gasteiger partial charge in [-0.3, -0.25) is 4.70 Å². The van der Waals surface area contributed by atoms with E-state index in [4.69, 9.17) is 0 Å². The first kappa shape index (κ1) is 11.4. The molecule has 0 N–H and O–H groups in total. The van der Waals surface area contributed by atoms with E-state index in [1.807, 2.05) is 0 Å². The summed E-state index contributed by atoms with van der Waals surface area (Å²) >= 11 is 0. The maximum absolute atomic E-state index is 1.59. The van der Waals surface area contributed by atoms with E-state index in [1.165, 1.54) is 11.8 Å². The largest absolute Gasteiger partial charge is 0.269 e. The van der Waals surface area contributed by atoms with Crippen LogP contribution in [0.1, 0.15) is 64.2 Å². The molecule has 0 aromatic heterocycles. The summed E-state index contributed by atoms with van der Waals surface area (Å²) in [7, 11) is 0. The Morgan fingerprint density at radius 1 is 0.467 bits per heavy atom. The molecule has 0 saturated heterocycles. The third-order valence-corrected chi connectivity index (χ3v) is 5.39. The first-order valence-electron chi connectivity index (χ1n) is 6.95. The Bertz CT molecular complexity index is 180. The number of halogens is 1. The molecule has 4 atom stereocenters. The van der Waals surface area contributed by atoms with Gasteiger partial charge >= 0.3 is 0 Å². The molecule has 3 rings (SSSR count). The predicted octanol–water partition coefficient (Wildman–Crippen LogP) is 4.55. The maximum Gasteiger partial charge on any atom is -0.0355 e. The third-order valence-electron chi connectivity index (χ3n) is 5.39. The number of hydrogen-bond donors (Lipinski definition) is 0. The Labute approximate surface area is 93.2 Å². The zero-order valence-corrected chi connectivity index (χ0v) is 9.79. The van der Waals surface area contributed by atoms with Gasteiger partial charge in [-0.25, -0.2) is 0 Å². The highest BCUT2D eigenvalue weighted by molar-refractivity contribution is 4.91. The topological polar surface area (TPSA) is 0 Å². The second-order valence-electron chi connectivity index (χ2n) is 5.99. The Morgan fingerprint density at radius 2 is 0.867 bits per heavy atom. The van der Waals surface area contributed by atoms with Crippen molar-refractivity contribution < 1.29 is 4.70 Å². The van der Waals surface area contributed by atoms with Crippen molar-refractivity contribution in [2.45, 2.75) is 64.2 Å². The van der Waals surface area contributed by atoms with E-state index in [1.54, 1.807) is 64.2 Å². The minimum absolute atomic E-state index is 0. The molecule has 3 aliphatic rings. The summed E-state index contributed by atoms with van der Waals surface area (Å²) in [5, 5.41) is 0. The summed E-state index contributed by atoms with van der Waals surface area (Å²) in [5.74, 6) is 4.65. The van der Waals surface area contributed by atoms with Gasteiger partial charge in [0.25, 0.3) is 0 Å². The van der Waals surface area contributed by atoms with Crippen LogP contribution in [0.2, 0.25) is 0 Å². The van der Waals surface area contributed by atoms with Gasteiger partial charge < -0.3 is 0 Å². The molecule has 0 aromatic rings. The highest BCUT2D eigenvalue weighted by Crippen LogP contribution is 2.51. The first-order valence-corrected chi connectivity index (χ1v) is 6.95. The molecule has 1 heteroatoms. The van der Waals surface area contributed by atoms with Gasteiger partial charge in [0, 0.05) is 0 Å². The van der Waals surface area contributed by atoms with Gasteiger partial charge in [-0.15, -0.1) is 0 Å². The molecule has 0 radical (unpaired) electrons. The highest BCUT2D eigenvalue weighted by atomic mass is 19.0. The summed E-state index contributed by atoms with van der Waals surface area (Å²) in [5.41, 5.74) is 0. The average Bonchev–Trinajstić information content (AvgIpc) is 2.29. The van der Waals surface area contributed by atoms with Crippen LogP contribution in [0.5, 0.6) is 0 Å². The fraction of sp³-hybridized carbons (Fsp3) is 1.00. The normalized spacial score (nSPS) is 44.8. The lowest BCUT2D eigenvalue weighted by atomic mass is 9.58. The molecule has 88 valence electrons. The number of hydrogen-bond acceptors (Lipinski definition) is 0. The van der Waals surface area contributed by atoms with Gasteiger partial charge in [0.15, 0.2) is 0 Å². The SMILES string of the molecule is C1CCC2C(C1)CCC1CCCCC12.F. The molecule has 4 unspecified atom stereocenters. The molecular formula is C14H25F. The number of rotatable bonds is 0. The molecule has 0 nitrogen and oxygen atoms in total. The van der Waals surface area contributed by atoms with E-state index in [2.05, 4.69) is 0 Å². The van der Waals surface area contributed by atoms with E-state index < -0.39 is 0 Å².